The normalized spacial score (nSPS) is 12.0. The summed E-state index contributed by atoms with van der Waals surface area (Å²) in [5.74, 6) is -0.00287. The molecule has 0 spiro atoms. The van der Waals surface area contributed by atoms with Gasteiger partial charge in [0.2, 0.25) is 5.91 Å². The zero-order chi connectivity index (χ0) is 19.4. The Kier molecular flexibility index (Phi) is 10.1. The van der Waals surface area contributed by atoms with Crippen LogP contribution < -0.4 is 4.74 Å². The molecule has 0 heterocycles. The first kappa shape index (κ1) is 21.7. The van der Waals surface area contributed by atoms with Crippen molar-refractivity contribution in [3.05, 3.63) is 35.9 Å². The summed E-state index contributed by atoms with van der Waals surface area (Å²) in [4.78, 5) is 26.0. The first-order valence-electron chi connectivity index (χ1n) is 9.30. The van der Waals surface area contributed by atoms with Crippen molar-refractivity contribution in [3.63, 3.8) is 0 Å². The predicted molar refractivity (Wildman–Crippen MR) is 104 cm³/mol. The Morgan fingerprint density at radius 2 is 1.92 bits per heavy atom. The molecule has 5 heteroatoms. The topological polar surface area (TPSA) is 55.8 Å². The molecule has 0 bridgehead atoms. The number of benzene rings is 1. The molecule has 144 valence electrons. The Morgan fingerprint density at radius 3 is 2.58 bits per heavy atom. The molecule has 1 atom stereocenters. The molecule has 1 rings (SSSR count). The van der Waals surface area contributed by atoms with Crippen LogP contribution in [0.4, 0.5) is 0 Å². The summed E-state index contributed by atoms with van der Waals surface area (Å²) in [6, 6.07) is 7.64. The van der Waals surface area contributed by atoms with E-state index >= 15 is 0 Å². The number of esters is 1. The van der Waals surface area contributed by atoms with Crippen LogP contribution in [0.3, 0.4) is 0 Å². The number of ether oxygens (including phenoxy) is 2. The van der Waals surface area contributed by atoms with E-state index < -0.39 is 0 Å². The van der Waals surface area contributed by atoms with Crippen molar-refractivity contribution in [1.29, 1.82) is 0 Å². The Hall–Kier alpha value is -2.30. The van der Waals surface area contributed by atoms with E-state index in [1.807, 2.05) is 24.3 Å². The number of amides is 1. The molecule has 0 fully saturated rings. The predicted octanol–water partition coefficient (Wildman–Crippen LogP) is 3.93. The molecule has 0 aliphatic rings. The molecule has 0 radical (unpaired) electrons. The maximum atomic E-state index is 12.6. The summed E-state index contributed by atoms with van der Waals surface area (Å²) in [7, 11) is 1.37. The molecular formula is C21H31NO4. The first-order chi connectivity index (χ1) is 12.5. The zero-order valence-corrected chi connectivity index (χ0v) is 16.4. The molecule has 1 aromatic carbocycles. The highest BCUT2D eigenvalue weighted by Crippen LogP contribution is 2.20. The maximum absolute atomic E-state index is 12.6. The average molecular weight is 361 g/mol. The number of para-hydroxylation sites is 1. The lowest BCUT2D eigenvalue weighted by atomic mass is 10.1. The third-order valence-electron chi connectivity index (χ3n) is 3.98. The van der Waals surface area contributed by atoms with Gasteiger partial charge in [-0.15, -0.1) is 0 Å². The molecule has 0 saturated heterocycles. The number of rotatable bonds is 11. The second-order valence-corrected chi connectivity index (χ2v) is 6.28. The van der Waals surface area contributed by atoms with Crippen LogP contribution in [0.1, 0.15) is 45.6 Å². The van der Waals surface area contributed by atoms with Gasteiger partial charge in [0.15, 0.2) is 0 Å². The number of hydrogen-bond donors (Lipinski definition) is 0. The van der Waals surface area contributed by atoms with Crippen LogP contribution in [0.25, 0.3) is 6.08 Å². The molecule has 0 N–H and O–H groups in total. The second-order valence-electron chi connectivity index (χ2n) is 6.28. The van der Waals surface area contributed by atoms with Gasteiger partial charge in [0, 0.05) is 24.7 Å². The summed E-state index contributed by atoms with van der Waals surface area (Å²) in [5.41, 5.74) is 0.866. The minimum absolute atomic E-state index is 0.112. The molecule has 1 aromatic rings. The molecule has 0 aromatic heterocycles. The Morgan fingerprint density at radius 1 is 1.19 bits per heavy atom. The van der Waals surface area contributed by atoms with Gasteiger partial charge in [-0.05, 0) is 25.0 Å². The van der Waals surface area contributed by atoms with Crippen molar-refractivity contribution in [3.8, 4) is 5.75 Å². The van der Waals surface area contributed by atoms with Gasteiger partial charge in [-0.3, -0.25) is 9.59 Å². The quantitative estimate of drug-likeness (QED) is 0.443. The van der Waals surface area contributed by atoms with E-state index in [1.165, 1.54) is 7.11 Å². The van der Waals surface area contributed by atoms with Crippen LogP contribution in [0.15, 0.2) is 30.3 Å². The smallest absolute Gasteiger partial charge is 0.310 e. The van der Waals surface area contributed by atoms with E-state index in [2.05, 4.69) is 13.8 Å². The van der Waals surface area contributed by atoms with Crippen LogP contribution in [0.2, 0.25) is 0 Å². The number of nitrogens with zero attached hydrogens (tertiary/aromatic N) is 1. The fraction of sp³-hybridized carbons (Fsp3) is 0.524. The number of unbranched alkanes of at least 4 members (excludes halogenated alkanes) is 1. The summed E-state index contributed by atoms with van der Waals surface area (Å²) in [6.45, 7) is 7.51. The molecule has 0 saturated carbocycles. The third kappa shape index (κ3) is 7.30. The standard InChI is InChI=1S/C21H31NO4/c1-5-7-14-22(16-17(3)21(24)25-4)20(23)13-12-18-10-8-9-11-19(18)26-15-6-2/h8-13,17H,5-7,14-16H2,1-4H3/b13-12+. The molecule has 0 aliphatic carbocycles. The van der Waals surface area contributed by atoms with E-state index in [1.54, 1.807) is 24.0 Å². The number of hydrogen-bond acceptors (Lipinski definition) is 4. The van der Waals surface area contributed by atoms with Crippen molar-refractivity contribution in [1.82, 2.24) is 4.90 Å². The lowest BCUT2D eigenvalue weighted by Crippen LogP contribution is -2.37. The highest BCUT2D eigenvalue weighted by Gasteiger charge is 2.20. The zero-order valence-electron chi connectivity index (χ0n) is 16.4. The Bertz CT molecular complexity index is 597. The first-order valence-corrected chi connectivity index (χ1v) is 9.30. The van der Waals surface area contributed by atoms with Gasteiger partial charge in [0.1, 0.15) is 5.75 Å². The van der Waals surface area contributed by atoms with Crippen molar-refractivity contribution in [2.24, 2.45) is 5.92 Å². The highest BCUT2D eigenvalue weighted by molar-refractivity contribution is 5.92. The van der Waals surface area contributed by atoms with Crippen LogP contribution in [-0.2, 0) is 14.3 Å². The van der Waals surface area contributed by atoms with Crippen molar-refractivity contribution < 1.29 is 19.1 Å². The SMILES string of the molecule is CCCCN(CC(C)C(=O)OC)C(=O)/C=C/c1ccccc1OCCC. The van der Waals surface area contributed by atoms with Gasteiger partial charge in [0.05, 0.1) is 19.6 Å². The molecule has 1 amide bonds. The fourth-order valence-corrected chi connectivity index (χ4v) is 2.47. The van der Waals surface area contributed by atoms with Crippen LogP contribution in [-0.4, -0.2) is 43.6 Å². The van der Waals surface area contributed by atoms with Crippen LogP contribution in [0.5, 0.6) is 5.75 Å². The highest BCUT2D eigenvalue weighted by atomic mass is 16.5. The average Bonchev–Trinajstić information content (AvgIpc) is 2.67. The van der Waals surface area contributed by atoms with E-state index in [0.29, 0.717) is 19.7 Å². The van der Waals surface area contributed by atoms with Crippen LogP contribution in [0, 0.1) is 5.92 Å². The van der Waals surface area contributed by atoms with Crippen molar-refractivity contribution >= 4 is 18.0 Å². The fourth-order valence-electron chi connectivity index (χ4n) is 2.47. The van der Waals surface area contributed by atoms with E-state index in [0.717, 1.165) is 30.6 Å². The van der Waals surface area contributed by atoms with E-state index in [4.69, 9.17) is 9.47 Å². The van der Waals surface area contributed by atoms with Gasteiger partial charge in [-0.2, -0.15) is 0 Å². The third-order valence-corrected chi connectivity index (χ3v) is 3.98. The van der Waals surface area contributed by atoms with E-state index in [-0.39, 0.29) is 17.8 Å². The van der Waals surface area contributed by atoms with Gasteiger partial charge in [-0.25, -0.2) is 0 Å². The number of carbonyl (C=O) groups excluding carboxylic acids is 2. The number of methoxy groups -OCH3 is 1. The number of carbonyl (C=O) groups is 2. The Labute approximate surface area is 157 Å². The van der Waals surface area contributed by atoms with Crippen molar-refractivity contribution in [2.45, 2.75) is 40.0 Å². The molecule has 5 nitrogen and oxygen atoms in total. The maximum Gasteiger partial charge on any atom is 0.310 e. The minimum atomic E-state index is -0.352. The molecule has 0 aliphatic heterocycles. The van der Waals surface area contributed by atoms with Gasteiger partial charge in [-0.1, -0.05) is 45.4 Å². The lowest BCUT2D eigenvalue weighted by Gasteiger charge is -2.23. The lowest BCUT2D eigenvalue weighted by molar-refractivity contribution is -0.146. The Balaban J connectivity index is 2.84. The molecule has 26 heavy (non-hydrogen) atoms. The largest absolute Gasteiger partial charge is 0.493 e. The van der Waals surface area contributed by atoms with Gasteiger partial charge in [0.25, 0.3) is 0 Å². The minimum Gasteiger partial charge on any atom is -0.493 e. The summed E-state index contributed by atoms with van der Waals surface area (Å²) in [6.07, 6.45) is 6.12. The summed E-state index contributed by atoms with van der Waals surface area (Å²) in [5, 5.41) is 0. The second kappa shape index (κ2) is 12.1. The van der Waals surface area contributed by atoms with Gasteiger partial charge >= 0.3 is 5.97 Å². The van der Waals surface area contributed by atoms with E-state index in [9.17, 15) is 9.59 Å². The van der Waals surface area contributed by atoms with Crippen molar-refractivity contribution in [2.75, 3.05) is 26.8 Å². The molecular weight excluding hydrogens is 330 g/mol. The van der Waals surface area contributed by atoms with Gasteiger partial charge < -0.3 is 14.4 Å². The molecule has 1 unspecified atom stereocenters. The summed E-state index contributed by atoms with van der Waals surface area (Å²) < 4.78 is 10.5. The summed E-state index contributed by atoms with van der Waals surface area (Å²) >= 11 is 0. The van der Waals surface area contributed by atoms with Crippen LogP contribution >= 0.6 is 0 Å². The monoisotopic (exact) mass is 361 g/mol.